The number of benzene rings is 1. The first-order valence-corrected chi connectivity index (χ1v) is 6.49. The number of thiazole rings is 1. The zero-order chi connectivity index (χ0) is 11.0. The molecule has 0 aliphatic heterocycles. The highest BCUT2D eigenvalue weighted by atomic mass is 32.1. The molecule has 0 amide bonds. The van der Waals surface area contributed by atoms with Crippen molar-refractivity contribution in [2.45, 2.75) is 19.3 Å². The van der Waals surface area contributed by atoms with Gasteiger partial charge in [-0.2, -0.15) is 0 Å². The molecule has 0 spiro atoms. The second kappa shape index (κ2) is 3.91. The fourth-order valence-corrected chi connectivity index (χ4v) is 2.72. The Morgan fingerprint density at radius 3 is 3.00 bits per heavy atom. The number of hydrogen-bond donors (Lipinski definition) is 1. The third-order valence-corrected chi connectivity index (χ3v) is 3.77. The van der Waals surface area contributed by atoms with Crippen LogP contribution in [-0.2, 0) is 6.42 Å². The molecular formula is C13H14N2S. The molecule has 1 saturated carbocycles. The van der Waals surface area contributed by atoms with Crippen molar-refractivity contribution in [3.8, 4) is 11.3 Å². The fourth-order valence-electron chi connectivity index (χ4n) is 1.80. The van der Waals surface area contributed by atoms with Gasteiger partial charge in [-0.05, 0) is 30.9 Å². The van der Waals surface area contributed by atoms with E-state index < -0.39 is 0 Å². The summed E-state index contributed by atoms with van der Waals surface area (Å²) in [6.07, 6.45) is 3.92. The molecule has 1 aromatic carbocycles. The molecule has 1 heterocycles. The molecule has 2 aromatic rings. The molecule has 0 radical (unpaired) electrons. The molecule has 1 fully saturated rings. The van der Waals surface area contributed by atoms with Crippen LogP contribution in [0, 0.1) is 5.92 Å². The molecule has 3 rings (SSSR count). The standard InChI is InChI=1S/C13H14N2S/c14-11-3-1-2-10(7-11)12-8-16-13(15-12)6-9-4-5-9/h1-3,7-9H,4-6,14H2. The lowest BCUT2D eigenvalue weighted by molar-refractivity contribution is 0.825. The lowest BCUT2D eigenvalue weighted by Crippen LogP contribution is -1.87. The minimum absolute atomic E-state index is 0.800. The second-order valence-electron chi connectivity index (χ2n) is 4.40. The lowest BCUT2D eigenvalue weighted by atomic mass is 10.1. The van der Waals surface area contributed by atoms with Crippen molar-refractivity contribution in [3.05, 3.63) is 34.7 Å². The summed E-state index contributed by atoms with van der Waals surface area (Å²) in [6, 6.07) is 7.92. The Morgan fingerprint density at radius 1 is 1.38 bits per heavy atom. The number of hydrogen-bond acceptors (Lipinski definition) is 3. The van der Waals surface area contributed by atoms with Crippen LogP contribution in [0.4, 0.5) is 5.69 Å². The van der Waals surface area contributed by atoms with Gasteiger partial charge in [0.15, 0.2) is 0 Å². The van der Waals surface area contributed by atoms with E-state index >= 15 is 0 Å². The Morgan fingerprint density at radius 2 is 2.25 bits per heavy atom. The summed E-state index contributed by atoms with van der Waals surface area (Å²) in [4.78, 5) is 4.66. The van der Waals surface area contributed by atoms with E-state index in [-0.39, 0.29) is 0 Å². The van der Waals surface area contributed by atoms with Crippen LogP contribution in [0.25, 0.3) is 11.3 Å². The number of nitrogen functional groups attached to an aromatic ring is 1. The van der Waals surface area contributed by atoms with E-state index in [1.165, 1.54) is 17.8 Å². The molecule has 0 saturated heterocycles. The number of anilines is 1. The number of nitrogens with two attached hydrogens (primary N) is 1. The third-order valence-electron chi connectivity index (χ3n) is 2.89. The molecule has 2 nitrogen and oxygen atoms in total. The molecule has 0 atom stereocenters. The molecular weight excluding hydrogens is 216 g/mol. The molecule has 0 bridgehead atoms. The maximum Gasteiger partial charge on any atom is 0.0935 e. The summed E-state index contributed by atoms with van der Waals surface area (Å²) in [6.45, 7) is 0. The molecule has 2 N–H and O–H groups in total. The topological polar surface area (TPSA) is 38.9 Å². The maximum absolute atomic E-state index is 5.77. The van der Waals surface area contributed by atoms with Crippen LogP contribution in [-0.4, -0.2) is 4.98 Å². The van der Waals surface area contributed by atoms with Gasteiger partial charge in [0.25, 0.3) is 0 Å². The molecule has 1 aromatic heterocycles. The van der Waals surface area contributed by atoms with Gasteiger partial charge >= 0.3 is 0 Å². The summed E-state index contributed by atoms with van der Waals surface area (Å²) in [5, 5.41) is 3.40. The van der Waals surface area contributed by atoms with Gasteiger partial charge in [0.05, 0.1) is 10.7 Å². The lowest BCUT2D eigenvalue weighted by Gasteiger charge is -1.97. The monoisotopic (exact) mass is 230 g/mol. The zero-order valence-corrected chi connectivity index (χ0v) is 9.83. The quantitative estimate of drug-likeness (QED) is 0.821. The highest BCUT2D eigenvalue weighted by molar-refractivity contribution is 7.09. The molecule has 82 valence electrons. The van der Waals surface area contributed by atoms with E-state index in [0.717, 1.165) is 29.3 Å². The fraction of sp³-hybridized carbons (Fsp3) is 0.308. The van der Waals surface area contributed by atoms with Gasteiger partial charge in [0.2, 0.25) is 0 Å². The second-order valence-corrected chi connectivity index (χ2v) is 5.34. The molecule has 0 unspecified atom stereocenters. The smallest absolute Gasteiger partial charge is 0.0935 e. The first kappa shape index (κ1) is 9.85. The minimum Gasteiger partial charge on any atom is -0.399 e. The summed E-state index contributed by atoms with van der Waals surface area (Å²) in [5.41, 5.74) is 8.76. The van der Waals surface area contributed by atoms with Gasteiger partial charge in [-0.3, -0.25) is 0 Å². The first-order chi connectivity index (χ1) is 7.81. The van der Waals surface area contributed by atoms with Crippen molar-refractivity contribution in [2.24, 2.45) is 5.92 Å². The molecule has 3 heteroatoms. The average Bonchev–Trinajstić information content (AvgIpc) is 2.94. The van der Waals surface area contributed by atoms with Crippen molar-refractivity contribution in [2.75, 3.05) is 5.73 Å². The summed E-state index contributed by atoms with van der Waals surface area (Å²) < 4.78 is 0. The van der Waals surface area contributed by atoms with Crippen LogP contribution >= 0.6 is 11.3 Å². The van der Waals surface area contributed by atoms with E-state index in [9.17, 15) is 0 Å². The highest BCUT2D eigenvalue weighted by Crippen LogP contribution is 2.34. The molecule has 1 aliphatic rings. The van der Waals surface area contributed by atoms with Gasteiger partial charge in [0.1, 0.15) is 0 Å². The summed E-state index contributed by atoms with van der Waals surface area (Å²) >= 11 is 1.77. The Bertz CT molecular complexity index is 500. The zero-order valence-electron chi connectivity index (χ0n) is 9.02. The van der Waals surface area contributed by atoms with Crippen molar-refractivity contribution in [3.63, 3.8) is 0 Å². The van der Waals surface area contributed by atoms with E-state index in [4.69, 9.17) is 5.73 Å². The van der Waals surface area contributed by atoms with Crippen molar-refractivity contribution in [1.29, 1.82) is 0 Å². The van der Waals surface area contributed by atoms with E-state index in [2.05, 4.69) is 16.4 Å². The maximum atomic E-state index is 5.77. The molecule has 1 aliphatic carbocycles. The Balaban J connectivity index is 1.85. The SMILES string of the molecule is Nc1cccc(-c2csc(CC3CC3)n2)c1. The van der Waals surface area contributed by atoms with Gasteiger partial charge in [-0.1, -0.05) is 12.1 Å². The highest BCUT2D eigenvalue weighted by Gasteiger charge is 2.22. The van der Waals surface area contributed by atoms with Crippen LogP contribution in [0.5, 0.6) is 0 Å². The van der Waals surface area contributed by atoms with Crippen LogP contribution in [0.1, 0.15) is 17.8 Å². The minimum atomic E-state index is 0.800. The van der Waals surface area contributed by atoms with E-state index in [0.29, 0.717) is 0 Å². The normalized spacial score (nSPS) is 15.2. The number of nitrogens with zero attached hydrogens (tertiary/aromatic N) is 1. The van der Waals surface area contributed by atoms with Gasteiger partial charge in [0, 0.05) is 23.1 Å². The Labute approximate surface area is 99.1 Å². The van der Waals surface area contributed by atoms with Crippen molar-refractivity contribution in [1.82, 2.24) is 4.98 Å². The van der Waals surface area contributed by atoms with Crippen LogP contribution in [0.3, 0.4) is 0 Å². The predicted octanol–water partition coefficient (Wildman–Crippen LogP) is 3.34. The van der Waals surface area contributed by atoms with Crippen LogP contribution < -0.4 is 5.73 Å². The molecule has 16 heavy (non-hydrogen) atoms. The number of rotatable bonds is 3. The van der Waals surface area contributed by atoms with E-state index in [1.54, 1.807) is 11.3 Å². The van der Waals surface area contributed by atoms with Gasteiger partial charge in [-0.25, -0.2) is 4.98 Å². The van der Waals surface area contributed by atoms with Crippen molar-refractivity contribution < 1.29 is 0 Å². The predicted molar refractivity (Wildman–Crippen MR) is 68.4 cm³/mol. The summed E-state index contributed by atoms with van der Waals surface area (Å²) in [5.74, 6) is 0.903. The van der Waals surface area contributed by atoms with E-state index in [1.807, 2.05) is 18.2 Å². The van der Waals surface area contributed by atoms with Crippen LogP contribution in [0.2, 0.25) is 0 Å². The Kier molecular flexibility index (Phi) is 2.40. The largest absolute Gasteiger partial charge is 0.399 e. The summed E-state index contributed by atoms with van der Waals surface area (Å²) in [7, 11) is 0. The van der Waals surface area contributed by atoms with Gasteiger partial charge < -0.3 is 5.73 Å². The number of aromatic nitrogens is 1. The van der Waals surface area contributed by atoms with Crippen LogP contribution in [0.15, 0.2) is 29.6 Å². The first-order valence-electron chi connectivity index (χ1n) is 5.61. The van der Waals surface area contributed by atoms with Gasteiger partial charge in [-0.15, -0.1) is 11.3 Å². The average molecular weight is 230 g/mol. The third kappa shape index (κ3) is 2.09. The Hall–Kier alpha value is -1.35. The van der Waals surface area contributed by atoms with Crippen molar-refractivity contribution >= 4 is 17.0 Å².